The minimum absolute atomic E-state index is 0.157. The summed E-state index contributed by atoms with van der Waals surface area (Å²) < 4.78 is 20.7. The van der Waals surface area contributed by atoms with E-state index in [2.05, 4.69) is 4.98 Å². The summed E-state index contributed by atoms with van der Waals surface area (Å²) in [5.41, 5.74) is -0.550. The Balaban J connectivity index is 1.51. The van der Waals surface area contributed by atoms with Crippen LogP contribution in [0.15, 0.2) is 30.5 Å². The van der Waals surface area contributed by atoms with E-state index >= 15 is 4.39 Å². The first kappa shape index (κ1) is 17.0. The summed E-state index contributed by atoms with van der Waals surface area (Å²) in [6, 6.07) is 7.27. The number of fused-ring (bicyclic) bond motifs is 1. The second kappa shape index (κ2) is 6.72. The summed E-state index contributed by atoms with van der Waals surface area (Å²) in [6.45, 7) is 1.95. The van der Waals surface area contributed by atoms with Crippen LogP contribution in [0.4, 0.5) is 4.39 Å². The highest BCUT2D eigenvalue weighted by Crippen LogP contribution is 2.29. The second-order valence-electron chi connectivity index (χ2n) is 6.98. The lowest BCUT2D eigenvalue weighted by atomic mass is 9.92. The molecule has 2 aromatic rings. The highest BCUT2D eigenvalue weighted by molar-refractivity contribution is 5.98. The number of morpholine rings is 1. The van der Waals surface area contributed by atoms with Gasteiger partial charge in [-0.05, 0) is 37.1 Å². The fourth-order valence-electron chi connectivity index (χ4n) is 3.78. The molecule has 1 atom stereocenters. The maximum absolute atomic E-state index is 15.4. The predicted octanol–water partition coefficient (Wildman–Crippen LogP) is 1.97. The molecule has 26 heavy (non-hydrogen) atoms. The van der Waals surface area contributed by atoms with E-state index in [1.165, 1.54) is 9.80 Å². The number of benzene rings is 1. The van der Waals surface area contributed by atoms with E-state index in [4.69, 9.17) is 4.74 Å². The molecule has 2 saturated heterocycles. The largest absolute Gasteiger partial charge is 0.378 e. The van der Waals surface area contributed by atoms with Crippen LogP contribution in [0.3, 0.4) is 0 Å². The van der Waals surface area contributed by atoms with Crippen LogP contribution in [0.1, 0.15) is 23.2 Å². The number of carbonyl (C=O) groups excluding carboxylic acids is 2. The van der Waals surface area contributed by atoms with Crippen LogP contribution in [0.2, 0.25) is 0 Å². The standard InChI is InChI=1S/C19H22FN3O3/c20-19(18(25)22-8-10-26-11-9-22)5-1-7-23(13-19)17(24)15-2-3-16-14(12-15)4-6-21-16/h2-4,6,12,21H,1,5,7-11,13H2. The van der Waals surface area contributed by atoms with Gasteiger partial charge >= 0.3 is 0 Å². The summed E-state index contributed by atoms with van der Waals surface area (Å²) in [5.74, 6) is -0.746. The number of piperidine rings is 1. The molecule has 3 heterocycles. The fourth-order valence-corrected chi connectivity index (χ4v) is 3.78. The van der Waals surface area contributed by atoms with E-state index < -0.39 is 11.6 Å². The third-order valence-corrected chi connectivity index (χ3v) is 5.21. The molecule has 2 amide bonds. The van der Waals surface area contributed by atoms with Gasteiger partial charge in [-0.1, -0.05) is 0 Å². The van der Waals surface area contributed by atoms with Crippen molar-refractivity contribution in [2.24, 2.45) is 0 Å². The van der Waals surface area contributed by atoms with Crippen LogP contribution in [0, 0.1) is 0 Å². The van der Waals surface area contributed by atoms with Gasteiger partial charge in [-0.25, -0.2) is 4.39 Å². The molecule has 0 saturated carbocycles. The Hall–Kier alpha value is -2.41. The van der Waals surface area contributed by atoms with Crippen molar-refractivity contribution in [3.05, 3.63) is 36.0 Å². The highest BCUT2D eigenvalue weighted by atomic mass is 19.1. The Kier molecular flexibility index (Phi) is 4.40. The van der Waals surface area contributed by atoms with Gasteiger partial charge in [0.1, 0.15) is 0 Å². The number of halogens is 1. The number of aromatic amines is 1. The fraction of sp³-hybridized carbons (Fsp3) is 0.474. The Labute approximate surface area is 150 Å². The van der Waals surface area contributed by atoms with Crippen molar-refractivity contribution < 1.29 is 18.7 Å². The van der Waals surface area contributed by atoms with Gasteiger partial charge in [-0.3, -0.25) is 9.59 Å². The van der Waals surface area contributed by atoms with Gasteiger partial charge in [-0.2, -0.15) is 0 Å². The van der Waals surface area contributed by atoms with Crippen molar-refractivity contribution >= 4 is 22.7 Å². The molecule has 0 spiro atoms. The van der Waals surface area contributed by atoms with Gasteiger partial charge in [0.2, 0.25) is 5.67 Å². The number of H-pyrrole nitrogens is 1. The highest BCUT2D eigenvalue weighted by Gasteiger charge is 2.46. The molecule has 138 valence electrons. The van der Waals surface area contributed by atoms with E-state index in [-0.39, 0.29) is 18.9 Å². The maximum Gasteiger partial charge on any atom is 0.262 e. The van der Waals surface area contributed by atoms with Crippen LogP contribution in [0.25, 0.3) is 10.9 Å². The zero-order valence-corrected chi connectivity index (χ0v) is 14.5. The maximum atomic E-state index is 15.4. The van der Waals surface area contributed by atoms with Crippen molar-refractivity contribution in [2.45, 2.75) is 18.5 Å². The lowest BCUT2D eigenvalue weighted by Crippen LogP contribution is -2.58. The topological polar surface area (TPSA) is 65.6 Å². The molecule has 7 heteroatoms. The first-order chi connectivity index (χ1) is 12.6. The van der Waals surface area contributed by atoms with Gasteiger partial charge in [-0.15, -0.1) is 0 Å². The van der Waals surface area contributed by atoms with Crippen molar-refractivity contribution in [3.8, 4) is 0 Å². The van der Waals surface area contributed by atoms with E-state index in [0.29, 0.717) is 44.8 Å². The Morgan fingerprint density at radius 1 is 1.12 bits per heavy atom. The van der Waals surface area contributed by atoms with Crippen LogP contribution in [0.5, 0.6) is 0 Å². The molecular weight excluding hydrogens is 337 g/mol. The average Bonchev–Trinajstić information content (AvgIpc) is 3.15. The summed E-state index contributed by atoms with van der Waals surface area (Å²) in [4.78, 5) is 31.6. The summed E-state index contributed by atoms with van der Waals surface area (Å²) in [6.07, 6.45) is 2.45. The molecule has 2 fully saturated rings. The van der Waals surface area contributed by atoms with E-state index in [9.17, 15) is 9.59 Å². The molecule has 1 aromatic carbocycles. The molecule has 4 rings (SSSR count). The minimum atomic E-state index is -2.01. The Morgan fingerprint density at radius 2 is 1.92 bits per heavy atom. The second-order valence-corrected chi connectivity index (χ2v) is 6.98. The van der Waals surface area contributed by atoms with Crippen molar-refractivity contribution in [2.75, 3.05) is 39.4 Å². The summed E-state index contributed by atoms with van der Waals surface area (Å²) in [5, 5.41) is 0.934. The zero-order valence-electron chi connectivity index (χ0n) is 14.5. The number of amides is 2. The molecule has 1 aromatic heterocycles. The molecule has 6 nitrogen and oxygen atoms in total. The number of hydrogen-bond donors (Lipinski definition) is 1. The van der Waals surface area contributed by atoms with Gasteiger partial charge in [0.15, 0.2) is 0 Å². The third kappa shape index (κ3) is 3.07. The number of ether oxygens (including phenoxy) is 1. The molecule has 2 aliphatic rings. The van der Waals surface area contributed by atoms with Crippen LogP contribution >= 0.6 is 0 Å². The number of carbonyl (C=O) groups is 2. The van der Waals surface area contributed by atoms with Crippen molar-refractivity contribution in [1.82, 2.24) is 14.8 Å². The molecule has 0 radical (unpaired) electrons. The number of nitrogens with zero attached hydrogens (tertiary/aromatic N) is 2. The van der Waals surface area contributed by atoms with E-state index in [0.717, 1.165) is 10.9 Å². The summed E-state index contributed by atoms with van der Waals surface area (Å²) >= 11 is 0. The normalized spacial score (nSPS) is 24.0. The average molecular weight is 359 g/mol. The summed E-state index contributed by atoms with van der Waals surface area (Å²) in [7, 11) is 0. The van der Waals surface area contributed by atoms with Crippen LogP contribution in [-0.4, -0.2) is 71.7 Å². The number of nitrogens with one attached hydrogen (secondary N) is 1. The van der Waals surface area contributed by atoms with Gasteiger partial charge < -0.3 is 19.5 Å². The first-order valence-electron chi connectivity index (χ1n) is 8.99. The van der Waals surface area contributed by atoms with Gasteiger partial charge in [0.25, 0.3) is 11.8 Å². The quantitative estimate of drug-likeness (QED) is 0.892. The first-order valence-corrected chi connectivity index (χ1v) is 8.99. The number of likely N-dealkylation sites (tertiary alicyclic amines) is 1. The van der Waals surface area contributed by atoms with Crippen LogP contribution < -0.4 is 0 Å². The lowest BCUT2D eigenvalue weighted by molar-refractivity contribution is -0.151. The van der Waals surface area contributed by atoms with Crippen molar-refractivity contribution in [1.29, 1.82) is 0 Å². The monoisotopic (exact) mass is 359 g/mol. The smallest absolute Gasteiger partial charge is 0.262 e. The molecule has 2 aliphatic heterocycles. The zero-order chi connectivity index (χ0) is 18.1. The number of hydrogen-bond acceptors (Lipinski definition) is 3. The molecule has 0 bridgehead atoms. The lowest BCUT2D eigenvalue weighted by Gasteiger charge is -2.40. The molecular formula is C19H22FN3O3. The predicted molar refractivity (Wildman–Crippen MR) is 94.7 cm³/mol. The Bertz CT molecular complexity index is 830. The number of aromatic nitrogens is 1. The van der Waals surface area contributed by atoms with Gasteiger partial charge in [0, 0.05) is 42.3 Å². The number of rotatable bonds is 2. The third-order valence-electron chi connectivity index (χ3n) is 5.21. The molecule has 1 unspecified atom stereocenters. The minimum Gasteiger partial charge on any atom is -0.378 e. The molecule has 1 N–H and O–H groups in total. The van der Waals surface area contributed by atoms with Gasteiger partial charge in [0.05, 0.1) is 19.8 Å². The Morgan fingerprint density at radius 3 is 2.73 bits per heavy atom. The van der Waals surface area contributed by atoms with E-state index in [1.807, 2.05) is 18.3 Å². The molecule has 0 aliphatic carbocycles. The van der Waals surface area contributed by atoms with Crippen LogP contribution in [-0.2, 0) is 9.53 Å². The number of alkyl halides is 1. The van der Waals surface area contributed by atoms with E-state index in [1.54, 1.807) is 12.1 Å². The van der Waals surface area contributed by atoms with Crippen molar-refractivity contribution in [3.63, 3.8) is 0 Å². The SMILES string of the molecule is O=C(c1ccc2[nH]ccc2c1)N1CCCC(F)(C(=O)N2CCOCC2)C1.